The maximum absolute atomic E-state index is 11.7. The molecule has 0 spiro atoms. The minimum Gasteiger partial charge on any atom is -0.493 e. The second-order valence-electron chi connectivity index (χ2n) is 3.81. The number of methoxy groups -OCH3 is 2. The first-order chi connectivity index (χ1) is 9.12. The SMILES string of the molecule is C=CCNC(=O)[C@@H](C)Sc1ccc(OC)c(OC)c1. The van der Waals surface area contributed by atoms with Gasteiger partial charge in [0.05, 0.1) is 19.5 Å². The van der Waals surface area contributed by atoms with Crippen LogP contribution < -0.4 is 14.8 Å². The number of hydrogen-bond donors (Lipinski definition) is 1. The number of benzene rings is 1. The van der Waals surface area contributed by atoms with E-state index in [0.717, 1.165) is 4.90 Å². The van der Waals surface area contributed by atoms with E-state index in [9.17, 15) is 4.79 Å². The smallest absolute Gasteiger partial charge is 0.233 e. The normalized spacial score (nSPS) is 11.5. The minimum absolute atomic E-state index is 0.0142. The Morgan fingerprint density at radius 3 is 2.68 bits per heavy atom. The van der Waals surface area contributed by atoms with Crippen molar-refractivity contribution in [2.24, 2.45) is 0 Å². The first kappa shape index (κ1) is 15.4. The third kappa shape index (κ3) is 4.52. The molecule has 0 bridgehead atoms. The van der Waals surface area contributed by atoms with E-state index in [-0.39, 0.29) is 11.2 Å². The highest BCUT2D eigenvalue weighted by molar-refractivity contribution is 8.00. The summed E-state index contributed by atoms with van der Waals surface area (Å²) in [7, 11) is 3.18. The zero-order chi connectivity index (χ0) is 14.3. The third-order valence-electron chi connectivity index (χ3n) is 2.46. The lowest BCUT2D eigenvalue weighted by molar-refractivity contribution is -0.120. The molecule has 0 unspecified atom stereocenters. The van der Waals surface area contributed by atoms with E-state index in [4.69, 9.17) is 9.47 Å². The van der Waals surface area contributed by atoms with Crippen LogP contribution in [0.4, 0.5) is 0 Å². The summed E-state index contributed by atoms with van der Waals surface area (Å²) in [5, 5.41) is 2.59. The predicted molar refractivity (Wildman–Crippen MR) is 78.1 cm³/mol. The Morgan fingerprint density at radius 2 is 2.11 bits per heavy atom. The van der Waals surface area contributed by atoms with E-state index >= 15 is 0 Å². The molecule has 1 aromatic carbocycles. The molecule has 1 N–H and O–H groups in total. The molecule has 1 amide bonds. The topological polar surface area (TPSA) is 47.6 Å². The summed E-state index contributed by atoms with van der Waals surface area (Å²) in [6.07, 6.45) is 1.66. The highest BCUT2D eigenvalue weighted by Gasteiger charge is 2.14. The fourth-order valence-electron chi connectivity index (χ4n) is 1.46. The van der Waals surface area contributed by atoms with Crippen LogP contribution in [0.3, 0.4) is 0 Å². The van der Waals surface area contributed by atoms with Crippen molar-refractivity contribution < 1.29 is 14.3 Å². The molecule has 19 heavy (non-hydrogen) atoms. The van der Waals surface area contributed by atoms with Crippen LogP contribution in [-0.4, -0.2) is 31.9 Å². The number of carbonyl (C=O) groups is 1. The van der Waals surface area contributed by atoms with Crippen molar-refractivity contribution in [2.75, 3.05) is 20.8 Å². The maximum Gasteiger partial charge on any atom is 0.233 e. The summed E-state index contributed by atoms with van der Waals surface area (Å²) < 4.78 is 10.4. The summed E-state index contributed by atoms with van der Waals surface area (Å²) in [6, 6.07) is 5.60. The molecule has 0 radical (unpaired) electrons. The van der Waals surface area contributed by atoms with Crippen molar-refractivity contribution in [3.8, 4) is 11.5 Å². The molecular formula is C14H19NO3S. The standard InChI is InChI=1S/C14H19NO3S/c1-5-8-15-14(16)10(2)19-11-6-7-12(17-3)13(9-11)18-4/h5-7,9-10H,1,8H2,2-4H3,(H,15,16)/t10-/m1/s1. The fraction of sp³-hybridized carbons (Fsp3) is 0.357. The van der Waals surface area contributed by atoms with Crippen LogP contribution in [0.1, 0.15) is 6.92 Å². The molecule has 0 aromatic heterocycles. The van der Waals surface area contributed by atoms with Crippen LogP contribution in [0.2, 0.25) is 0 Å². The van der Waals surface area contributed by atoms with Gasteiger partial charge in [-0.3, -0.25) is 4.79 Å². The lowest BCUT2D eigenvalue weighted by Gasteiger charge is -2.13. The molecule has 0 saturated heterocycles. The Hall–Kier alpha value is -1.62. The maximum atomic E-state index is 11.7. The molecule has 0 fully saturated rings. The summed E-state index contributed by atoms with van der Waals surface area (Å²) in [5.74, 6) is 1.32. The monoisotopic (exact) mass is 281 g/mol. The van der Waals surface area contributed by atoms with Crippen molar-refractivity contribution in [3.63, 3.8) is 0 Å². The largest absolute Gasteiger partial charge is 0.493 e. The predicted octanol–water partition coefficient (Wildman–Crippen LogP) is 2.49. The van der Waals surface area contributed by atoms with Gasteiger partial charge in [-0.25, -0.2) is 0 Å². The second-order valence-corrected chi connectivity index (χ2v) is 5.22. The van der Waals surface area contributed by atoms with Gasteiger partial charge in [0.2, 0.25) is 5.91 Å². The Bertz CT molecular complexity index is 448. The average molecular weight is 281 g/mol. The first-order valence-corrected chi connectivity index (χ1v) is 6.77. The number of amides is 1. The van der Waals surface area contributed by atoms with Crippen LogP contribution in [0.5, 0.6) is 11.5 Å². The molecule has 1 atom stereocenters. The van der Waals surface area contributed by atoms with Gasteiger partial charge in [0.25, 0.3) is 0 Å². The van der Waals surface area contributed by atoms with Crippen molar-refractivity contribution >= 4 is 17.7 Å². The van der Waals surface area contributed by atoms with Gasteiger partial charge in [0, 0.05) is 11.4 Å². The van der Waals surface area contributed by atoms with E-state index < -0.39 is 0 Å². The van der Waals surface area contributed by atoms with Crippen LogP contribution in [0, 0.1) is 0 Å². The van der Waals surface area contributed by atoms with Gasteiger partial charge in [-0.2, -0.15) is 0 Å². The number of nitrogens with one attached hydrogen (secondary N) is 1. The van der Waals surface area contributed by atoms with Crippen LogP contribution in [0.15, 0.2) is 35.7 Å². The molecule has 5 heteroatoms. The van der Waals surface area contributed by atoms with E-state index in [1.54, 1.807) is 20.3 Å². The van der Waals surface area contributed by atoms with E-state index in [2.05, 4.69) is 11.9 Å². The van der Waals surface area contributed by atoms with Gasteiger partial charge in [-0.15, -0.1) is 18.3 Å². The fourth-order valence-corrected chi connectivity index (χ4v) is 2.38. The van der Waals surface area contributed by atoms with E-state index in [1.807, 2.05) is 25.1 Å². The molecule has 1 rings (SSSR count). The van der Waals surface area contributed by atoms with E-state index in [1.165, 1.54) is 11.8 Å². The molecule has 0 aliphatic heterocycles. The highest BCUT2D eigenvalue weighted by atomic mass is 32.2. The van der Waals surface area contributed by atoms with Gasteiger partial charge < -0.3 is 14.8 Å². The number of thioether (sulfide) groups is 1. The zero-order valence-electron chi connectivity index (χ0n) is 11.4. The van der Waals surface area contributed by atoms with Crippen LogP contribution in [-0.2, 0) is 4.79 Å². The number of carbonyl (C=O) groups excluding carboxylic acids is 1. The van der Waals surface area contributed by atoms with Crippen molar-refractivity contribution in [1.29, 1.82) is 0 Å². The Labute approximate surface area is 118 Å². The molecule has 0 aliphatic carbocycles. The summed E-state index contributed by atoms with van der Waals surface area (Å²) >= 11 is 1.47. The van der Waals surface area contributed by atoms with Gasteiger partial charge in [-0.1, -0.05) is 6.08 Å². The van der Waals surface area contributed by atoms with Crippen molar-refractivity contribution in [2.45, 2.75) is 17.1 Å². The molecule has 1 aromatic rings. The van der Waals surface area contributed by atoms with Gasteiger partial charge >= 0.3 is 0 Å². The third-order valence-corrected chi connectivity index (χ3v) is 3.55. The molecule has 4 nitrogen and oxygen atoms in total. The van der Waals surface area contributed by atoms with Crippen molar-refractivity contribution in [3.05, 3.63) is 30.9 Å². The summed E-state index contributed by atoms with van der Waals surface area (Å²) in [5.41, 5.74) is 0. The molecular weight excluding hydrogens is 262 g/mol. The molecule has 0 aliphatic rings. The Balaban J connectivity index is 2.71. The lowest BCUT2D eigenvalue weighted by Crippen LogP contribution is -2.30. The Kier molecular flexibility index (Phi) is 6.29. The average Bonchev–Trinajstić information content (AvgIpc) is 2.44. The molecule has 0 saturated carbocycles. The van der Waals surface area contributed by atoms with Gasteiger partial charge in [0.1, 0.15) is 0 Å². The summed E-state index contributed by atoms with van der Waals surface area (Å²) in [6.45, 7) is 5.91. The van der Waals surface area contributed by atoms with Gasteiger partial charge in [-0.05, 0) is 25.1 Å². The summed E-state index contributed by atoms with van der Waals surface area (Å²) in [4.78, 5) is 12.7. The van der Waals surface area contributed by atoms with Crippen LogP contribution in [0.25, 0.3) is 0 Å². The Morgan fingerprint density at radius 1 is 1.42 bits per heavy atom. The number of hydrogen-bond acceptors (Lipinski definition) is 4. The van der Waals surface area contributed by atoms with Gasteiger partial charge in [0.15, 0.2) is 11.5 Å². The van der Waals surface area contributed by atoms with E-state index in [0.29, 0.717) is 18.0 Å². The lowest BCUT2D eigenvalue weighted by atomic mass is 10.3. The second kappa shape index (κ2) is 7.74. The highest BCUT2D eigenvalue weighted by Crippen LogP contribution is 2.33. The first-order valence-electron chi connectivity index (χ1n) is 5.89. The minimum atomic E-state index is -0.182. The number of ether oxygens (including phenoxy) is 2. The van der Waals surface area contributed by atoms with Crippen LogP contribution >= 0.6 is 11.8 Å². The molecule has 104 valence electrons. The quantitative estimate of drug-likeness (QED) is 0.616. The van der Waals surface area contributed by atoms with Crippen molar-refractivity contribution in [1.82, 2.24) is 5.32 Å². The zero-order valence-corrected chi connectivity index (χ0v) is 12.3. The number of rotatable bonds is 7. The molecule has 0 heterocycles.